The average molecular weight is 268 g/mol. The van der Waals surface area contributed by atoms with Crippen molar-refractivity contribution in [3.05, 3.63) is 64.1 Å². The third kappa shape index (κ3) is 2.75. The highest BCUT2D eigenvalue weighted by Gasteiger charge is 2.14. The van der Waals surface area contributed by atoms with Gasteiger partial charge in [0.05, 0.1) is 17.3 Å². The second-order valence-electron chi connectivity index (χ2n) is 4.14. The normalized spacial score (nSPS) is 9.80. The number of hydrogen-bond donors (Lipinski definition) is 0. The summed E-state index contributed by atoms with van der Waals surface area (Å²) < 4.78 is 6.72. The molecule has 0 atom stereocenters. The summed E-state index contributed by atoms with van der Waals surface area (Å²) in [6.07, 6.45) is 1.50. The summed E-state index contributed by atoms with van der Waals surface area (Å²) in [6, 6.07) is 11.7. The monoisotopic (exact) mass is 268 g/mol. The third-order valence-corrected chi connectivity index (χ3v) is 2.83. The van der Waals surface area contributed by atoms with E-state index in [2.05, 4.69) is 0 Å². The lowest BCUT2D eigenvalue weighted by Gasteiger charge is -2.11. The van der Waals surface area contributed by atoms with Gasteiger partial charge in [0.15, 0.2) is 5.75 Å². The van der Waals surface area contributed by atoms with Crippen LogP contribution in [0, 0.1) is 18.3 Å². The second-order valence-corrected chi connectivity index (χ2v) is 4.14. The van der Waals surface area contributed by atoms with Gasteiger partial charge in [0.25, 0.3) is 0 Å². The van der Waals surface area contributed by atoms with Gasteiger partial charge in [0, 0.05) is 12.3 Å². The summed E-state index contributed by atoms with van der Waals surface area (Å²) in [6.45, 7) is 1.72. The van der Waals surface area contributed by atoms with Gasteiger partial charge in [-0.05, 0) is 19.1 Å². The molecule has 1 aromatic carbocycles. The highest BCUT2D eigenvalue weighted by molar-refractivity contribution is 5.91. The minimum absolute atomic E-state index is 0.0448. The molecule has 0 spiro atoms. The number of benzene rings is 1. The van der Waals surface area contributed by atoms with Gasteiger partial charge < -0.3 is 9.30 Å². The van der Waals surface area contributed by atoms with Gasteiger partial charge in [-0.1, -0.05) is 18.2 Å². The smallest absolute Gasteiger partial charge is 0.343 e. The van der Waals surface area contributed by atoms with E-state index >= 15 is 0 Å². The molecule has 0 aliphatic heterocycles. The van der Waals surface area contributed by atoms with Crippen molar-refractivity contribution in [1.29, 1.82) is 5.26 Å². The van der Waals surface area contributed by atoms with Crippen LogP contribution in [0.2, 0.25) is 0 Å². The summed E-state index contributed by atoms with van der Waals surface area (Å²) in [5, 5.41) is 8.71. The van der Waals surface area contributed by atoms with Crippen LogP contribution in [0.15, 0.2) is 47.4 Å². The largest absolute Gasteiger partial charge is 0.417 e. The first-order valence-corrected chi connectivity index (χ1v) is 5.97. The molecule has 5 heteroatoms. The second kappa shape index (κ2) is 5.85. The Labute approximate surface area is 115 Å². The van der Waals surface area contributed by atoms with Crippen LogP contribution in [0.25, 0.3) is 0 Å². The molecule has 0 fully saturated rings. The molecule has 0 bridgehead atoms. The molecule has 0 N–H and O–H groups in total. The highest BCUT2D eigenvalue weighted by Crippen LogP contribution is 2.13. The van der Waals surface area contributed by atoms with Crippen LogP contribution >= 0.6 is 0 Å². The van der Waals surface area contributed by atoms with Gasteiger partial charge in [-0.25, -0.2) is 4.79 Å². The molecule has 100 valence electrons. The number of nitrogens with zero attached hydrogens (tertiary/aromatic N) is 2. The van der Waals surface area contributed by atoms with Crippen molar-refractivity contribution < 1.29 is 9.53 Å². The zero-order valence-corrected chi connectivity index (χ0v) is 10.9. The van der Waals surface area contributed by atoms with Gasteiger partial charge >= 0.3 is 5.97 Å². The molecule has 1 heterocycles. The topological polar surface area (TPSA) is 72.1 Å². The van der Waals surface area contributed by atoms with E-state index in [-0.39, 0.29) is 17.7 Å². The van der Waals surface area contributed by atoms with Crippen LogP contribution in [0.4, 0.5) is 0 Å². The molecule has 20 heavy (non-hydrogen) atoms. The van der Waals surface area contributed by atoms with E-state index in [9.17, 15) is 9.59 Å². The van der Waals surface area contributed by atoms with Gasteiger partial charge in [0.2, 0.25) is 5.43 Å². The lowest BCUT2D eigenvalue weighted by molar-refractivity contribution is 0.0730. The molecule has 1 aromatic heterocycles. The molecule has 5 nitrogen and oxygen atoms in total. The number of pyridine rings is 1. The summed E-state index contributed by atoms with van der Waals surface area (Å²) in [7, 11) is 0. The predicted octanol–water partition coefficient (Wildman–Crippen LogP) is 1.90. The summed E-state index contributed by atoms with van der Waals surface area (Å²) >= 11 is 0. The predicted molar refractivity (Wildman–Crippen MR) is 72.5 cm³/mol. The van der Waals surface area contributed by atoms with Gasteiger partial charge in [-0.15, -0.1) is 0 Å². The van der Waals surface area contributed by atoms with Gasteiger partial charge in [-0.3, -0.25) is 4.79 Å². The third-order valence-electron chi connectivity index (χ3n) is 2.83. The molecular formula is C15H12N2O3. The molecule has 0 aliphatic carbocycles. The first-order chi connectivity index (χ1) is 9.63. The van der Waals surface area contributed by atoms with E-state index in [4.69, 9.17) is 10.00 Å². The van der Waals surface area contributed by atoms with Crippen molar-refractivity contribution in [2.75, 3.05) is 0 Å². The zero-order valence-electron chi connectivity index (χ0n) is 10.9. The first-order valence-electron chi connectivity index (χ1n) is 5.97. The van der Waals surface area contributed by atoms with E-state index in [1.807, 2.05) is 6.07 Å². The minimum Gasteiger partial charge on any atom is -0.417 e. The Kier molecular flexibility index (Phi) is 3.96. The molecule has 0 amide bonds. The summed E-state index contributed by atoms with van der Waals surface area (Å²) in [5.41, 5.74) is 0.422. The molecule has 0 aliphatic rings. The number of aromatic nitrogens is 1. The number of rotatable bonds is 3. The standard InChI is InChI=1S/C15H12N2O3/c1-11-14(13(18)7-9-17(11)10-8-16)20-15(19)12-5-3-2-4-6-12/h2-7,9H,10H2,1H3. The Morgan fingerprint density at radius 2 is 2.00 bits per heavy atom. The van der Waals surface area contributed by atoms with Gasteiger partial charge in [0.1, 0.15) is 6.54 Å². The Hall–Kier alpha value is -2.87. The minimum atomic E-state index is -0.597. The van der Waals surface area contributed by atoms with Gasteiger partial charge in [-0.2, -0.15) is 5.26 Å². The van der Waals surface area contributed by atoms with Crippen molar-refractivity contribution in [1.82, 2.24) is 4.57 Å². The SMILES string of the molecule is Cc1c(OC(=O)c2ccccc2)c(=O)ccn1CC#N. The average Bonchev–Trinajstić information content (AvgIpc) is 2.47. The van der Waals surface area contributed by atoms with Crippen LogP contribution in [0.5, 0.6) is 5.75 Å². The molecule has 0 saturated heterocycles. The molecule has 2 rings (SSSR count). The Morgan fingerprint density at radius 1 is 1.30 bits per heavy atom. The number of carbonyl (C=O) groups is 1. The Balaban J connectivity index is 2.35. The summed E-state index contributed by atoms with van der Waals surface area (Å²) in [4.78, 5) is 23.7. The first kappa shape index (κ1) is 13.6. The lowest BCUT2D eigenvalue weighted by Crippen LogP contribution is -2.18. The van der Waals surface area contributed by atoms with Crippen LogP contribution in [-0.2, 0) is 6.54 Å². The van der Waals surface area contributed by atoms with Crippen LogP contribution in [0.1, 0.15) is 16.1 Å². The van der Waals surface area contributed by atoms with Crippen molar-refractivity contribution in [3.8, 4) is 11.8 Å². The Bertz CT molecular complexity index is 727. The van der Waals surface area contributed by atoms with Crippen molar-refractivity contribution >= 4 is 5.97 Å². The summed E-state index contributed by atoms with van der Waals surface area (Å²) in [5.74, 6) is -0.642. The number of carbonyl (C=O) groups excluding carboxylic acids is 1. The van der Waals surface area contributed by atoms with Crippen LogP contribution < -0.4 is 10.2 Å². The van der Waals surface area contributed by atoms with Crippen molar-refractivity contribution in [2.45, 2.75) is 13.5 Å². The number of esters is 1. The maximum Gasteiger partial charge on any atom is 0.343 e. The number of nitriles is 1. The van der Waals surface area contributed by atoms with E-state index in [1.165, 1.54) is 12.3 Å². The zero-order chi connectivity index (χ0) is 14.5. The fraction of sp³-hybridized carbons (Fsp3) is 0.133. The van der Waals surface area contributed by atoms with Crippen molar-refractivity contribution in [3.63, 3.8) is 0 Å². The number of hydrogen-bond acceptors (Lipinski definition) is 4. The molecular weight excluding hydrogens is 256 g/mol. The highest BCUT2D eigenvalue weighted by atomic mass is 16.5. The van der Waals surface area contributed by atoms with E-state index in [0.29, 0.717) is 11.3 Å². The maximum absolute atomic E-state index is 12.0. The van der Waals surface area contributed by atoms with E-state index < -0.39 is 5.97 Å². The lowest BCUT2D eigenvalue weighted by atomic mass is 10.2. The molecule has 2 aromatic rings. The molecule has 0 radical (unpaired) electrons. The fourth-order valence-corrected chi connectivity index (χ4v) is 1.75. The number of ether oxygens (including phenoxy) is 1. The maximum atomic E-state index is 12.0. The fourth-order valence-electron chi connectivity index (χ4n) is 1.75. The van der Waals surface area contributed by atoms with Crippen LogP contribution in [0.3, 0.4) is 0 Å². The van der Waals surface area contributed by atoms with E-state index in [1.54, 1.807) is 41.8 Å². The molecule has 0 saturated carbocycles. The Morgan fingerprint density at radius 3 is 2.65 bits per heavy atom. The van der Waals surface area contributed by atoms with Crippen LogP contribution in [-0.4, -0.2) is 10.5 Å². The van der Waals surface area contributed by atoms with E-state index in [0.717, 1.165) is 0 Å². The van der Waals surface area contributed by atoms with Crippen molar-refractivity contribution in [2.24, 2.45) is 0 Å². The quantitative estimate of drug-likeness (QED) is 0.797. The molecule has 0 unspecified atom stereocenters.